The number of carbonyl (C=O) groups excluding carboxylic acids is 2. The van der Waals surface area contributed by atoms with Crippen LogP contribution >= 0.6 is 0 Å². The maximum absolute atomic E-state index is 13.2. The Labute approximate surface area is 188 Å². The molecule has 1 N–H and O–H groups in total. The van der Waals surface area contributed by atoms with Crippen LogP contribution in [-0.4, -0.2) is 58.9 Å². The molecule has 0 radical (unpaired) electrons. The number of allylic oxidation sites excluding steroid dienone is 2. The van der Waals surface area contributed by atoms with Crippen molar-refractivity contribution < 1.29 is 22.8 Å². The van der Waals surface area contributed by atoms with Crippen molar-refractivity contribution >= 4 is 28.8 Å². The predicted molar refractivity (Wildman–Crippen MR) is 116 cm³/mol. The number of ketones is 1. The van der Waals surface area contributed by atoms with Gasteiger partial charge in [0, 0.05) is 45.3 Å². The van der Waals surface area contributed by atoms with Gasteiger partial charge in [-0.15, -0.1) is 0 Å². The second-order valence-corrected chi connectivity index (χ2v) is 8.60. The van der Waals surface area contributed by atoms with Gasteiger partial charge in [-0.25, -0.2) is 4.98 Å². The Morgan fingerprint density at radius 1 is 1.09 bits per heavy atom. The molecule has 10 heteroatoms. The third kappa shape index (κ3) is 4.10. The number of halogens is 3. The van der Waals surface area contributed by atoms with Crippen molar-refractivity contribution in [3.8, 4) is 0 Å². The van der Waals surface area contributed by atoms with Crippen LogP contribution in [-0.2, 0) is 29.0 Å². The van der Waals surface area contributed by atoms with Gasteiger partial charge in [-0.2, -0.15) is 13.2 Å². The van der Waals surface area contributed by atoms with Crippen LogP contribution in [0.15, 0.2) is 30.0 Å². The van der Waals surface area contributed by atoms with E-state index in [1.165, 1.54) is 6.92 Å². The third-order valence-corrected chi connectivity index (χ3v) is 6.33. The van der Waals surface area contributed by atoms with Crippen molar-refractivity contribution in [2.45, 2.75) is 32.5 Å². The quantitative estimate of drug-likeness (QED) is 0.764. The molecule has 0 saturated carbocycles. The van der Waals surface area contributed by atoms with Crippen LogP contribution in [0.3, 0.4) is 0 Å². The van der Waals surface area contributed by atoms with Gasteiger partial charge in [-0.05, 0) is 35.8 Å². The number of pyridine rings is 2. The van der Waals surface area contributed by atoms with Crippen LogP contribution < -0.4 is 10.2 Å². The number of anilines is 2. The van der Waals surface area contributed by atoms with Gasteiger partial charge >= 0.3 is 6.18 Å². The zero-order chi connectivity index (χ0) is 23.3. The average molecular weight is 457 g/mol. The SMILES string of the molecule is CC1=C(C(F)(F)F)C(=O)Cc2cc(CN3CCN(c4ccc5c(n4)CC(=O)N5)CC3)cnc21. The smallest absolute Gasteiger partial charge is 0.354 e. The van der Waals surface area contributed by atoms with Gasteiger partial charge in [-0.3, -0.25) is 19.5 Å². The lowest BCUT2D eigenvalue weighted by Gasteiger charge is -2.35. The Morgan fingerprint density at radius 2 is 1.85 bits per heavy atom. The zero-order valence-electron chi connectivity index (χ0n) is 18.0. The molecule has 172 valence electrons. The largest absolute Gasteiger partial charge is 0.420 e. The van der Waals surface area contributed by atoms with Gasteiger partial charge in [0.25, 0.3) is 0 Å². The number of nitrogens with one attached hydrogen (secondary N) is 1. The van der Waals surface area contributed by atoms with E-state index in [9.17, 15) is 22.8 Å². The summed E-state index contributed by atoms with van der Waals surface area (Å²) in [6, 6.07) is 5.60. The Balaban J connectivity index is 1.25. The first-order valence-corrected chi connectivity index (χ1v) is 10.8. The van der Waals surface area contributed by atoms with Crippen LogP contribution in [0.2, 0.25) is 0 Å². The molecule has 1 fully saturated rings. The standard InChI is InChI=1S/C23H22F3N5O2/c1-13-21(23(24,25)26)18(32)9-15-8-14(11-27-22(13)15)12-30-4-6-31(7-5-30)19-3-2-16-17(28-19)10-20(33)29-16/h2-3,8,11H,4-7,9-10,12H2,1H3,(H,29,33). The Kier molecular flexibility index (Phi) is 5.19. The number of amides is 1. The molecule has 0 atom stereocenters. The van der Waals surface area contributed by atoms with Crippen molar-refractivity contribution in [1.82, 2.24) is 14.9 Å². The summed E-state index contributed by atoms with van der Waals surface area (Å²) < 4.78 is 39.7. The van der Waals surface area contributed by atoms with E-state index in [1.54, 1.807) is 12.3 Å². The summed E-state index contributed by atoms with van der Waals surface area (Å²) >= 11 is 0. The second kappa shape index (κ2) is 7.95. The minimum absolute atomic E-state index is 0.0415. The molecule has 3 aliphatic rings. The average Bonchev–Trinajstić information content (AvgIpc) is 3.12. The summed E-state index contributed by atoms with van der Waals surface area (Å²) in [6.45, 7) is 5.00. The number of nitrogens with zero attached hydrogens (tertiary/aromatic N) is 4. The minimum Gasteiger partial charge on any atom is -0.354 e. The van der Waals surface area contributed by atoms with Crippen LogP contribution in [0.4, 0.5) is 24.7 Å². The minimum atomic E-state index is -4.67. The molecule has 0 unspecified atom stereocenters. The van der Waals surface area contributed by atoms with Gasteiger partial charge in [0.1, 0.15) is 11.4 Å². The zero-order valence-corrected chi connectivity index (χ0v) is 18.0. The summed E-state index contributed by atoms with van der Waals surface area (Å²) in [6.07, 6.45) is -3.04. The Hall–Kier alpha value is -3.27. The molecule has 0 spiro atoms. The number of piperazine rings is 1. The highest BCUT2D eigenvalue weighted by Gasteiger charge is 2.42. The van der Waals surface area contributed by atoms with Gasteiger partial charge in [0.2, 0.25) is 5.91 Å². The fourth-order valence-electron chi connectivity index (χ4n) is 4.73. The lowest BCUT2D eigenvalue weighted by atomic mass is 9.88. The fraction of sp³-hybridized carbons (Fsp3) is 0.391. The van der Waals surface area contributed by atoms with Gasteiger partial charge in [-0.1, -0.05) is 6.07 Å². The maximum Gasteiger partial charge on any atom is 0.420 e. The van der Waals surface area contributed by atoms with Crippen molar-refractivity contribution in [1.29, 1.82) is 0 Å². The second-order valence-electron chi connectivity index (χ2n) is 8.60. The van der Waals surface area contributed by atoms with Crippen LogP contribution in [0.25, 0.3) is 5.57 Å². The predicted octanol–water partition coefficient (Wildman–Crippen LogP) is 2.75. The fourth-order valence-corrected chi connectivity index (χ4v) is 4.73. The van der Waals surface area contributed by atoms with Crippen LogP contribution in [0.1, 0.15) is 29.4 Å². The normalized spacial score (nSPS) is 19.0. The molecule has 2 aromatic heterocycles. The summed E-state index contributed by atoms with van der Waals surface area (Å²) in [4.78, 5) is 37.0. The van der Waals surface area contributed by atoms with Gasteiger partial charge in [0.15, 0.2) is 5.78 Å². The van der Waals surface area contributed by atoms with Gasteiger partial charge in [0.05, 0.1) is 23.5 Å². The molecule has 1 aliphatic carbocycles. The molecule has 1 amide bonds. The number of fused-ring (bicyclic) bond motifs is 2. The van der Waals surface area contributed by atoms with Crippen molar-refractivity contribution in [2.75, 3.05) is 36.4 Å². The highest BCUT2D eigenvalue weighted by Crippen LogP contribution is 2.37. The molecule has 5 rings (SSSR count). The number of hydrogen-bond acceptors (Lipinski definition) is 6. The van der Waals surface area contributed by atoms with Crippen molar-refractivity contribution in [3.05, 3.63) is 52.5 Å². The van der Waals surface area contributed by atoms with Crippen molar-refractivity contribution in [2.24, 2.45) is 0 Å². The molecule has 2 aliphatic heterocycles. The summed E-state index contributed by atoms with van der Waals surface area (Å²) in [5.74, 6) is -0.0967. The molecule has 0 aromatic carbocycles. The number of carbonyl (C=O) groups is 2. The molecule has 7 nitrogen and oxygen atoms in total. The van der Waals surface area contributed by atoms with E-state index in [0.717, 1.165) is 48.9 Å². The van der Waals surface area contributed by atoms with Crippen molar-refractivity contribution in [3.63, 3.8) is 0 Å². The molecular weight excluding hydrogens is 435 g/mol. The summed E-state index contributed by atoms with van der Waals surface area (Å²) in [5.41, 5.74) is 2.02. The number of rotatable bonds is 3. The highest BCUT2D eigenvalue weighted by molar-refractivity contribution is 6.07. The molecular formula is C23H22F3N5O2. The highest BCUT2D eigenvalue weighted by atomic mass is 19.4. The van der Waals surface area contributed by atoms with E-state index >= 15 is 0 Å². The van der Waals surface area contributed by atoms with E-state index in [4.69, 9.17) is 0 Å². The van der Waals surface area contributed by atoms with Gasteiger partial charge < -0.3 is 10.2 Å². The molecule has 2 aromatic rings. The first kappa shape index (κ1) is 21.6. The topological polar surface area (TPSA) is 78.4 Å². The first-order valence-electron chi connectivity index (χ1n) is 10.8. The van der Waals surface area contributed by atoms with Crippen LogP contribution in [0, 0.1) is 0 Å². The molecule has 0 bridgehead atoms. The molecule has 4 heterocycles. The maximum atomic E-state index is 13.2. The first-order chi connectivity index (χ1) is 15.7. The number of Topliss-reactive ketones (excluding diaryl/α,β-unsaturated/α-hetero) is 1. The lowest BCUT2D eigenvalue weighted by molar-refractivity contribution is -0.128. The Morgan fingerprint density at radius 3 is 2.58 bits per heavy atom. The lowest BCUT2D eigenvalue weighted by Crippen LogP contribution is -2.46. The summed E-state index contributed by atoms with van der Waals surface area (Å²) in [7, 11) is 0. The van der Waals surface area contributed by atoms with E-state index in [-0.39, 0.29) is 23.6 Å². The molecule has 33 heavy (non-hydrogen) atoms. The Bertz CT molecular complexity index is 1180. The number of hydrogen-bond donors (Lipinski definition) is 1. The number of alkyl halides is 3. The van der Waals surface area contributed by atoms with Crippen LogP contribution in [0.5, 0.6) is 0 Å². The summed E-state index contributed by atoms with van der Waals surface area (Å²) in [5, 5.41) is 2.78. The monoisotopic (exact) mass is 457 g/mol. The number of aromatic nitrogens is 2. The molecule has 1 saturated heterocycles. The third-order valence-electron chi connectivity index (χ3n) is 6.33. The van der Waals surface area contributed by atoms with E-state index in [0.29, 0.717) is 18.5 Å². The van der Waals surface area contributed by atoms with E-state index in [1.807, 2.05) is 12.1 Å². The van der Waals surface area contributed by atoms with E-state index < -0.39 is 17.5 Å². The van der Waals surface area contributed by atoms with E-state index in [2.05, 4.69) is 25.1 Å².